The Kier molecular flexibility index (Phi) is 2.85. The number of hydrogen-bond acceptors (Lipinski definition) is 4. The lowest BCUT2D eigenvalue weighted by atomic mass is 10.4. The third-order valence-electron chi connectivity index (χ3n) is 1.92. The summed E-state index contributed by atoms with van der Waals surface area (Å²) >= 11 is 0. The van der Waals surface area contributed by atoms with E-state index in [0.717, 1.165) is 18.9 Å². The van der Waals surface area contributed by atoms with Crippen LogP contribution < -0.4 is 17.2 Å². The lowest BCUT2D eigenvalue weighted by Crippen LogP contribution is -2.24. The molecular formula is C8H16N4. The highest BCUT2D eigenvalue weighted by Gasteiger charge is 2.10. The molecule has 1 fully saturated rings. The summed E-state index contributed by atoms with van der Waals surface area (Å²) in [6.07, 6.45) is 5.81. The Bertz CT molecular complexity index is 197. The van der Waals surface area contributed by atoms with E-state index < -0.39 is 0 Å². The zero-order valence-electron chi connectivity index (χ0n) is 7.16. The van der Waals surface area contributed by atoms with Crippen LogP contribution in [0.1, 0.15) is 12.8 Å². The van der Waals surface area contributed by atoms with E-state index in [4.69, 9.17) is 17.2 Å². The second-order valence-electron chi connectivity index (χ2n) is 2.95. The van der Waals surface area contributed by atoms with Crippen LogP contribution in [0.3, 0.4) is 0 Å². The second kappa shape index (κ2) is 3.90. The number of hydrogen-bond donors (Lipinski definition) is 3. The fraction of sp³-hybridized carbons (Fsp3) is 0.500. The van der Waals surface area contributed by atoms with Crippen LogP contribution in [0.5, 0.6) is 0 Å². The van der Waals surface area contributed by atoms with Crippen molar-refractivity contribution in [3.8, 4) is 0 Å². The number of allylic oxidation sites excluding steroid dienone is 2. The van der Waals surface area contributed by atoms with Gasteiger partial charge in [0.25, 0.3) is 0 Å². The van der Waals surface area contributed by atoms with Gasteiger partial charge in [-0.25, -0.2) is 0 Å². The summed E-state index contributed by atoms with van der Waals surface area (Å²) in [4.78, 5) is 2.12. The Labute approximate surface area is 72.7 Å². The van der Waals surface area contributed by atoms with Crippen LogP contribution in [-0.4, -0.2) is 18.0 Å². The first kappa shape index (κ1) is 8.77. The summed E-state index contributed by atoms with van der Waals surface area (Å²) in [6, 6.07) is 0. The number of likely N-dealkylation sites (tertiary alicyclic amines) is 1. The fourth-order valence-electron chi connectivity index (χ4n) is 1.26. The number of nitrogens with two attached hydrogens (primary N) is 3. The van der Waals surface area contributed by atoms with Gasteiger partial charge in [0.15, 0.2) is 0 Å². The molecule has 0 radical (unpaired) electrons. The maximum Gasteiger partial charge on any atom is 0.0987 e. The third kappa shape index (κ3) is 2.38. The van der Waals surface area contributed by atoms with Crippen molar-refractivity contribution in [1.82, 2.24) is 4.90 Å². The van der Waals surface area contributed by atoms with Crippen molar-refractivity contribution in [2.75, 3.05) is 13.1 Å². The lowest BCUT2D eigenvalue weighted by Gasteiger charge is -2.16. The molecular weight excluding hydrogens is 152 g/mol. The molecule has 0 aromatic rings. The molecule has 0 amide bonds. The molecule has 0 bridgehead atoms. The van der Waals surface area contributed by atoms with Crippen molar-refractivity contribution in [3.05, 3.63) is 23.8 Å². The smallest absolute Gasteiger partial charge is 0.0987 e. The van der Waals surface area contributed by atoms with E-state index in [0.29, 0.717) is 0 Å². The first-order valence-corrected chi connectivity index (χ1v) is 4.13. The van der Waals surface area contributed by atoms with E-state index in [1.54, 1.807) is 12.2 Å². The molecule has 0 atom stereocenters. The van der Waals surface area contributed by atoms with Gasteiger partial charge in [0.1, 0.15) is 0 Å². The van der Waals surface area contributed by atoms with Crippen molar-refractivity contribution in [2.45, 2.75) is 12.8 Å². The van der Waals surface area contributed by atoms with Crippen molar-refractivity contribution < 1.29 is 0 Å². The average Bonchev–Trinajstić information content (AvgIpc) is 2.51. The monoisotopic (exact) mass is 168 g/mol. The van der Waals surface area contributed by atoms with Crippen LogP contribution in [0.15, 0.2) is 23.8 Å². The molecule has 0 saturated carbocycles. The van der Waals surface area contributed by atoms with Crippen molar-refractivity contribution in [3.63, 3.8) is 0 Å². The zero-order valence-corrected chi connectivity index (χ0v) is 7.16. The molecule has 12 heavy (non-hydrogen) atoms. The average molecular weight is 168 g/mol. The SMILES string of the molecule is NC(N)=C/C=C(\N)N1CCCC1. The highest BCUT2D eigenvalue weighted by atomic mass is 15.2. The second-order valence-corrected chi connectivity index (χ2v) is 2.95. The fourth-order valence-corrected chi connectivity index (χ4v) is 1.26. The van der Waals surface area contributed by atoms with Crippen LogP contribution in [0.4, 0.5) is 0 Å². The molecule has 0 aliphatic carbocycles. The maximum atomic E-state index is 5.76. The van der Waals surface area contributed by atoms with Crippen LogP contribution in [0.2, 0.25) is 0 Å². The lowest BCUT2D eigenvalue weighted by molar-refractivity contribution is 0.421. The first-order chi connectivity index (χ1) is 5.70. The summed E-state index contributed by atoms with van der Waals surface area (Å²) in [5.74, 6) is 1.04. The van der Waals surface area contributed by atoms with Crippen LogP contribution in [-0.2, 0) is 0 Å². The summed E-state index contributed by atoms with van der Waals surface area (Å²) in [5, 5.41) is 0. The van der Waals surface area contributed by atoms with Gasteiger partial charge in [0.2, 0.25) is 0 Å². The van der Waals surface area contributed by atoms with E-state index in [2.05, 4.69) is 4.90 Å². The van der Waals surface area contributed by atoms with Gasteiger partial charge in [-0.1, -0.05) is 0 Å². The van der Waals surface area contributed by atoms with Crippen molar-refractivity contribution in [1.29, 1.82) is 0 Å². The molecule has 1 saturated heterocycles. The Morgan fingerprint density at radius 2 is 1.58 bits per heavy atom. The Hall–Kier alpha value is -1.32. The maximum absolute atomic E-state index is 5.76. The Morgan fingerprint density at radius 3 is 2.08 bits per heavy atom. The van der Waals surface area contributed by atoms with E-state index in [-0.39, 0.29) is 5.82 Å². The van der Waals surface area contributed by atoms with E-state index >= 15 is 0 Å². The minimum atomic E-state index is 0.289. The largest absolute Gasteiger partial charge is 0.386 e. The molecule has 0 spiro atoms. The first-order valence-electron chi connectivity index (χ1n) is 4.13. The van der Waals surface area contributed by atoms with Crippen molar-refractivity contribution in [2.24, 2.45) is 17.2 Å². The summed E-state index contributed by atoms with van der Waals surface area (Å²) < 4.78 is 0. The summed E-state index contributed by atoms with van der Waals surface area (Å²) in [7, 11) is 0. The molecule has 1 heterocycles. The molecule has 0 unspecified atom stereocenters. The molecule has 0 aromatic heterocycles. The van der Waals surface area contributed by atoms with Crippen LogP contribution in [0.25, 0.3) is 0 Å². The van der Waals surface area contributed by atoms with Gasteiger partial charge in [0, 0.05) is 13.1 Å². The van der Waals surface area contributed by atoms with Gasteiger partial charge in [-0.15, -0.1) is 0 Å². The number of rotatable bonds is 2. The van der Waals surface area contributed by atoms with Gasteiger partial charge in [-0.3, -0.25) is 0 Å². The van der Waals surface area contributed by atoms with E-state index in [9.17, 15) is 0 Å². The topological polar surface area (TPSA) is 81.3 Å². The van der Waals surface area contributed by atoms with Crippen molar-refractivity contribution >= 4 is 0 Å². The Balaban J connectivity index is 2.50. The quantitative estimate of drug-likeness (QED) is 0.492. The predicted molar refractivity (Wildman–Crippen MR) is 49.5 cm³/mol. The van der Waals surface area contributed by atoms with Gasteiger partial charge in [0.05, 0.1) is 11.6 Å². The molecule has 0 aromatic carbocycles. The minimum absolute atomic E-state index is 0.289. The summed E-state index contributed by atoms with van der Waals surface area (Å²) in [6.45, 7) is 2.08. The van der Waals surface area contributed by atoms with E-state index in [1.807, 2.05) is 0 Å². The van der Waals surface area contributed by atoms with Gasteiger partial charge in [-0.2, -0.15) is 0 Å². The highest BCUT2D eigenvalue weighted by molar-refractivity contribution is 5.12. The Morgan fingerprint density at radius 1 is 1.00 bits per heavy atom. The van der Waals surface area contributed by atoms with Crippen LogP contribution >= 0.6 is 0 Å². The zero-order chi connectivity index (χ0) is 8.97. The summed E-state index contributed by atoms with van der Waals surface area (Å²) in [5.41, 5.74) is 16.3. The van der Waals surface area contributed by atoms with Gasteiger partial charge < -0.3 is 22.1 Å². The molecule has 1 aliphatic heterocycles. The third-order valence-corrected chi connectivity index (χ3v) is 1.92. The van der Waals surface area contributed by atoms with Crippen LogP contribution in [0, 0.1) is 0 Å². The predicted octanol–water partition coefficient (Wildman–Crippen LogP) is -0.359. The molecule has 4 nitrogen and oxygen atoms in total. The minimum Gasteiger partial charge on any atom is -0.386 e. The van der Waals surface area contributed by atoms with Gasteiger partial charge >= 0.3 is 0 Å². The molecule has 6 N–H and O–H groups in total. The molecule has 1 aliphatic rings. The molecule has 4 heteroatoms. The molecule has 1 rings (SSSR count). The normalized spacial score (nSPS) is 18.0. The van der Waals surface area contributed by atoms with E-state index in [1.165, 1.54) is 12.8 Å². The molecule has 68 valence electrons. The van der Waals surface area contributed by atoms with Gasteiger partial charge in [-0.05, 0) is 25.0 Å². The highest BCUT2D eigenvalue weighted by Crippen LogP contribution is 2.10. The standard InChI is InChI=1S/C8H16N4/c9-7(10)3-4-8(11)12-5-1-2-6-12/h3-4H,1-2,5-6,9-11H2/b8-4+. The number of nitrogens with zero attached hydrogens (tertiary/aromatic N) is 1.